The van der Waals surface area contributed by atoms with Crippen LogP contribution in [0.1, 0.15) is 46.8 Å². The van der Waals surface area contributed by atoms with E-state index in [9.17, 15) is 18.8 Å². The van der Waals surface area contributed by atoms with Gasteiger partial charge in [0.15, 0.2) is 5.78 Å². The van der Waals surface area contributed by atoms with Gasteiger partial charge in [0.2, 0.25) is 5.91 Å². The van der Waals surface area contributed by atoms with E-state index in [2.05, 4.69) is 5.32 Å². The van der Waals surface area contributed by atoms with E-state index in [-0.39, 0.29) is 29.2 Å². The number of hydrogen-bond acceptors (Lipinski definition) is 3. The number of halogens is 2. The minimum Gasteiger partial charge on any atom is -0.481 e. The molecule has 0 aliphatic rings. The number of hydrogen-bond donors (Lipinski definition) is 2. The Kier molecular flexibility index (Phi) is 7.07. The van der Waals surface area contributed by atoms with Gasteiger partial charge in [-0.1, -0.05) is 47.5 Å². The van der Waals surface area contributed by atoms with E-state index in [0.717, 1.165) is 11.6 Å². The van der Waals surface area contributed by atoms with Gasteiger partial charge in [0.25, 0.3) is 0 Å². The molecule has 0 aromatic heterocycles. The normalized spacial score (nSPS) is 11.7. The zero-order valence-electron chi connectivity index (χ0n) is 14.7. The van der Waals surface area contributed by atoms with Crippen LogP contribution >= 0.6 is 11.6 Å². The molecule has 1 unspecified atom stereocenters. The van der Waals surface area contributed by atoms with Gasteiger partial charge in [0.1, 0.15) is 5.82 Å². The van der Waals surface area contributed by atoms with Crippen molar-refractivity contribution in [2.45, 2.75) is 32.2 Å². The quantitative estimate of drug-likeness (QED) is 0.664. The van der Waals surface area contributed by atoms with Crippen molar-refractivity contribution in [3.63, 3.8) is 0 Å². The molecule has 2 aromatic carbocycles. The molecule has 5 nitrogen and oxygen atoms in total. The number of carboxylic acids is 1. The lowest BCUT2D eigenvalue weighted by Crippen LogP contribution is -2.30. The monoisotopic (exact) mass is 391 g/mol. The molecule has 1 amide bonds. The van der Waals surface area contributed by atoms with Crippen LogP contribution in [0.5, 0.6) is 0 Å². The van der Waals surface area contributed by atoms with E-state index in [4.69, 9.17) is 16.7 Å². The van der Waals surface area contributed by atoms with Crippen molar-refractivity contribution >= 4 is 29.3 Å². The number of aliphatic carboxylic acids is 1. The zero-order valence-corrected chi connectivity index (χ0v) is 15.4. The molecule has 0 aliphatic carbocycles. The number of Topliss-reactive ketones (excluding diaryl/α,β-unsaturated/α-hetero) is 1. The highest BCUT2D eigenvalue weighted by Crippen LogP contribution is 2.23. The Morgan fingerprint density at radius 2 is 1.78 bits per heavy atom. The number of carboxylic acid groups (broad SMARTS) is 1. The van der Waals surface area contributed by atoms with Crippen LogP contribution in [0, 0.1) is 12.7 Å². The lowest BCUT2D eigenvalue weighted by atomic mass is 10.0. The van der Waals surface area contributed by atoms with Crippen molar-refractivity contribution in [2.24, 2.45) is 0 Å². The van der Waals surface area contributed by atoms with Crippen molar-refractivity contribution in [1.29, 1.82) is 0 Å². The van der Waals surface area contributed by atoms with E-state index >= 15 is 0 Å². The minimum absolute atomic E-state index is 0.0103. The van der Waals surface area contributed by atoms with Gasteiger partial charge in [-0.3, -0.25) is 14.4 Å². The molecule has 1 atom stereocenters. The molecule has 0 aliphatic heterocycles. The zero-order chi connectivity index (χ0) is 20.0. The number of carbonyl (C=O) groups excluding carboxylic acids is 2. The van der Waals surface area contributed by atoms with Crippen molar-refractivity contribution in [3.8, 4) is 0 Å². The molecule has 2 rings (SSSR count). The van der Waals surface area contributed by atoms with Gasteiger partial charge in [-0.2, -0.15) is 0 Å². The lowest BCUT2D eigenvalue weighted by molar-refractivity contribution is -0.137. The fourth-order valence-corrected chi connectivity index (χ4v) is 2.65. The third-order valence-electron chi connectivity index (χ3n) is 4.01. The van der Waals surface area contributed by atoms with Gasteiger partial charge >= 0.3 is 5.97 Å². The summed E-state index contributed by atoms with van der Waals surface area (Å²) < 4.78 is 13.6. The largest absolute Gasteiger partial charge is 0.481 e. The van der Waals surface area contributed by atoms with Gasteiger partial charge in [-0.05, 0) is 24.6 Å². The predicted octanol–water partition coefficient (Wildman–Crippen LogP) is 4.08. The number of rotatable bonds is 8. The number of benzene rings is 2. The van der Waals surface area contributed by atoms with Crippen LogP contribution in [0.15, 0.2) is 42.5 Å². The Balaban J connectivity index is 2.00. The third-order valence-corrected chi connectivity index (χ3v) is 4.32. The summed E-state index contributed by atoms with van der Waals surface area (Å²) in [5.74, 6) is -2.52. The maximum Gasteiger partial charge on any atom is 0.305 e. The number of ketones is 1. The van der Waals surface area contributed by atoms with Gasteiger partial charge in [0.05, 0.1) is 17.5 Å². The average molecular weight is 392 g/mol. The number of nitrogens with one attached hydrogen (secondary N) is 1. The van der Waals surface area contributed by atoms with Crippen LogP contribution < -0.4 is 5.32 Å². The number of amides is 1. The molecule has 0 saturated heterocycles. The highest BCUT2D eigenvalue weighted by Gasteiger charge is 2.20. The predicted molar refractivity (Wildman–Crippen MR) is 99.3 cm³/mol. The summed E-state index contributed by atoms with van der Waals surface area (Å²) in [6, 6.07) is 9.93. The van der Waals surface area contributed by atoms with E-state index in [1.807, 2.05) is 19.1 Å². The molecule has 0 saturated carbocycles. The van der Waals surface area contributed by atoms with Crippen LogP contribution in [0.4, 0.5) is 4.39 Å². The maximum absolute atomic E-state index is 13.6. The molecule has 0 radical (unpaired) electrons. The second-order valence-electron chi connectivity index (χ2n) is 6.18. The van der Waals surface area contributed by atoms with Gasteiger partial charge in [0, 0.05) is 18.4 Å². The molecule has 0 heterocycles. The fourth-order valence-electron chi connectivity index (χ4n) is 2.53. The van der Waals surface area contributed by atoms with Gasteiger partial charge < -0.3 is 10.4 Å². The summed E-state index contributed by atoms with van der Waals surface area (Å²) in [4.78, 5) is 35.4. The summed E-state index contributed by atoms with van der Waals surface area (Å²) in [6.45, 7) is 1.91. The minimum atomic E-state index is -1.15. The highest BCUT2D eigenvalue weighted by molar-refractivity contribution is 6.30. The van der Waals surface area contributed by atoms with Crippen molar-refractivity contribution in [1.82, 2.24) is 5.32 Å². The Morgan fingerprint density at radius 1 is 1.11 bits per heavy atom. The third kappa shape index (κ3) is 6.18. The second kappa shape index (κ2) is 9.28. The molecule has 142 valence electrons. The second-order valence-corrected chi connectivity index (χ2v) is 6.59. The first-order valence-corrected chi connectivity index (χ1v) is 8.70. The number of carbonyl (C=O) groups is 3. The molecule has 27 heavy (non-hydrogen) atoms. The van der Waals surface area contributed by atoms with Crippen molar-refractivity contribution < 1.29 is 23.9 Å². The van der Waals surface area contributed by atoms with Crippen molar-refractivity contribution in [3.05, 3.63) is 70.0 Å². The lowest BCUT2D eigenvalue weighted by Gasteiger charge is -2.18. The summed E-state index contributed by atoms with van der Waals surface area (Å²) in [5, 5.41) is 11.5. The fraction of sp³-hybridized carbons (Fsp3) is 0.250. The van der Waals surface area contributed by atoms with Gasteiger partial charge in [-0.25, -0.2) is 4.39 Å². The van der Waals surface area contributed by atoms with Gasteiger partial charge in [-0.15, -0.1) is 0 Å². The molecule has 0 bridgehead atoms. The summed E-state index contributed by atoms with van der Waals surface area (Å²) >= 11 is 5.63. The molecular weight excluding hydrogens is 373 g/mol. The SMILES string of the molecule is Cc1ccc(C(=O)CCC(=O)NC(CC(=O)O)c2ccc(Cl)c(F)c2)cc1. The van der Waals surface area contributed by atoms with Crippen LogP contribution in [0.3, 0.4) is 0 Å². The Labute approximate surface area is 161 Å². The van der Waals surface area contributed by atoms with Crippen LogP contribution in [-0.4, -0.2) is 22.8 Å². The Morgan fingerprint density at radius 3 is 2.37 bits per heavy atom. The molecular formula is C20H19ClFNO4. The summed E-state index contributed by atoms with van der Waals surface area (Å²) in [6.07, 6.45) is -0.527. The molecule has 0 spiro atoms. The Bertz CT molecular complexity index is 852. The standard InChI is InChI=1S/C20H19ClFNO4/c1-12-2-4-13(5-3-12)18(24)8-9-19(25)23-17(11-20(26)27)14-6-7-15(21)16(22)10-14/h2-7,10,17H,8-9,11H2,1H3,(H,23,25)(H,26,27). The van der Waals surface area contributed by atoms with Crippen molar-refractivity contribution in [2.75, 3.05) is 0 Å². The first kappa shape index (κ1) is 20.6. The average Bonchev–Trinajstić information content (AvgIpc) is 2.61. The first-order valence-electron chi connectivity index (χ1n) is 8.32. The topological polar surface area (TPSA) is 83.5 Å². The van der Waals surface area contributed by atoms with E-state index < -0.39 is 30.2 Å². The van der Waals surface area contributed by atoms with Crippen LogP contribution in [0.25, 0.3) is 0 Å². The highest BCUT2D eigenvalue weighted by atomic mass is 35.5. The van der Waals surface area contributed by atoms with E-state index in [0.29, 0.717) is 5.56 Å². The van der Waals surface area contributed by atoms with E-state index in [1.165, 1.54) is 12.1 Å². The Hall–Kier alpha value is -2.73. The molecule has 2 N–H and O–H groups in total. The molecule has 7 heteroatoms. The smallest absolute Gasteiger partial charge is 0.305 e. The van der Waals surface area contributed by atoms with Crippen LogP contribution in [0.2, 0.25) is 5.02 Å². The van der Waals surface area contributed by atoms with Crippen LogP contribution in [-0.2, 0) is 9.59 Å². The summed E-state index contributed by atoms with van der Waals surface area (Å²) in [7, 11) is 0. The number of aryl methyl sites for hydroxylation is 1. The molecule has 2 aromatic rings. The van der Waals surface area contributed by atoms with E-state index in [1.54, 1.807) is 12.1 Å². The maximum atomic E-state index is 13.6. The molecule has 0 fully saturated rings. The summed E-state index contributed by atoms with van der Waals surface area (Å²) in [5.41, 5.74) is 1.82. The first-order chi connectivity index (χ1) is 12.8.